The van der Waals surface area contributed by atoms with Crippen LogP contribution < -0.4 is 15.2 Å². The molecule has 4 nitrogen and oxygen atoms in total. The minimum atomic E-state index is -0.734. The Kier molecular flexibility index (Phi) is 4.39. The molecule has 2 N–H and O–H groups in total. The lowest BCUT2D eigenvalue weighted by molar-refractivity contribution is -0.123. The summed E-state index contributed by atoms with van der Waals surface area (Å²) >= 11 is 0. The van der Waals surface area contributed by atoms with E-state index in [0.717, 1.165) is 0 Å². The number of para-hydroxylation sites is 2. The van der Waals surface area contributed by atoms with Gasteiger partial charge in [-0.25, -0.2) is 0 Å². The van der Waals surface area contributed by atoms with Gasteiger partial charge >= 0.3 is 0 Å². The Morgan fingerprint density at radius 1 is 0.895 bits per heavy atom. The first-order valence-electron chi connectivity index (χ1n) is 5.96. The highest BCUT2D eigenvalue weighted by Crippen LogP contribution is 2.17. The van der Waals surface area contributed by atoms with Gasteiger partial charge in [0, 0.05) is 0 Å². The van der Waals surface area contributed by atoms with Crippen LogP contribution in [0.25, 0.3) is 0 Å². The second-order valence-corrected chi connectivity index (χ2v) is 3.96. The van der Waals surface area contributed by atoms with Crippen molar-refractivity contribution in [3.8, 4) is 11.5 Å². The molecule has 2 aromatic carbocycles. The fourth-order valence-corrected chi connectivity index (χ4v) is 1.57. The van der Waals surface area contributed by atoms with Crippen molar-refractivity contribution in [3.63, 3.8) is 0 Å². The number of primary amides is 1. The first-order chi connectivity index (χ1) is 9.24. The van der Waals surface area contributed by atoms with Crippen molar-refractivity contribution in [1.29, 1.82) is 0 Å². The molecule has 4 heteroatoms. The molecule has 2 aromatic rings. The number of amides is 1. The maximum atomic E-state index is 11.1. The Labute approximate surface area is 111 Å². The first-order valence-corrected chi connectivity index (χ1v) is 5.96. The van der Waals surface area contributed by atoms with Crippen LogP contribution in [0.5, 0.6) is 11.5 Å². The highest BCUT2D eigenvalue weighted by Gasteiger charge is 2.15. The van der Waals surface area contributed by atoms with Crippen LogP contribution in [0.1, 0.15) is 6.42 Å². The largest absolute Gasteiger partial charge is 0.454 e. The van der Waals surface area contributed by atoms with E-state index >= 15 is 0 Å². The molecular formula is C15H15NO3. The molecule has 0 atom stereocenters. The fourth-order valence-electron chi connectivity index (χ4n) is 1.57. The van der Waals surface area contributed by atoms with Gasteiger partial charge in [0.2, 0.25) is 12.2 Å². The predicted octanol–water partition coefficient (Wildman–Crippen LogP) is 2.35. The van der Waals surface area contributed by atoms with Crippen LogP contribution in [-0.4, -0.2) is 12.2 Å². The van der Waals surface area contributed by atoms with E-state index < -0.39 is 12.2 Å². The van der Waals surface area contributed by atoms with Crippen LogP contribution in [0.15, 0.2) is 60.7 Å². The van der Waals surface area contributed by atoms with Gasteiger partial charge in [-0.2, -0.15) is 0 Å². The zero-order chi connectivity index (χ0) is 13.5. The molecule has 1 amide bonds. The molecule has 0 saturated carbocycles. The van der Waals surface area contributed by atoms with E-state index in [1.54, 1.807) is 24.3 Å². The third-order valence-corrected chi connectivity index (χ3v) is 2.39. The fraction of sp³-hybridized carbons (Fsp3) is 0.133. The zero-order valence-electron chi connectivity index (χ0n) is 10.4. The van der Waals surface area contributed by atoms with E-state index in [9.17, 15) is 4.79 Å². The smallest absolute Gasteiger partial charge is 0.249 e. The zero-order valence-corrected chi connectivity index (χ0v) is 10.4. The molecule has 0 spiro atoms. The Morgan fingerprint density at radius 3 is 1.68 bits per heavy atom. The van der Waals surface area contributed by atoms with E-state index in [2.05, 4.69) is 0 Å². The molecule has 19 heavy (non-hydrogen) atoms. The van der Waals surface area contributed by atoms with Gasteiger partial charge in [-0.05, 0) is 24.3 Å². The summed E-state index contributed by atoms with van der Waals surface area (Å²) in [5.74, 6) is 0.784. The Hall–Kier alpha value is -2.49. The molecule has 98 valence electrons. The van der Waals surface area contributed by atoms with Crippen molar-refractivity contribution in [2.75, 3.05) is 0 Å². The lowest BCUT2D eigenvalue weighted by Crippen LogP contribution is -2.30. The van der Waals surface area contributed by atoms with Gasteiger partial charge in [0.1, 0.15) is 17.9 Å². The molecule has 0 aliphatic carbocycles. The van der Waals surface area contributed by atoms with Gasteiger partial charge < -0.3 is 15.2 Å². The Morgan fingerprint density at radius 2 is 1.32 bits per heavy atom. The van der Waals surface area contributed by atoms with Crippen LogP contribution >= 0.6 is 0 Å². The van der Waals surface area contributed by atoms with E-state index in [1.807, 2.05) is 36.4 Å². The lowest BCUT2D eigenvalue weighted by atomic mass is 10.3. The van der Waals surface area contributed by atoms with Crippen LogP contribution in [0.4, 0.5) is 0 Å². The van der Waals surface area contributed by atoms with E-state index in [0.29, 0.717) is 11.5 Å². The molecule has 0 heterocycles. The van der Waals surface area contributed by atoms with Crippen LogP contribution in [0.2, 0.25) is 0 Å². The molecule has 0 radical (unpaired) electrons. The van der Waals surface area contributed by atoms with Gasteiger partial charge in [-0.15, -0.1) is 0 Å². The monoisotopic (exact) mass is 257 g/mol. The first kappa shape index (κ1) is 13.0. The van der Waals surface area contributed by atoms with Crippen molar-refractivity contribution in [2.45, 2.75) is 12.7 Å². The Bertz CT molecular complexity index is 472. The van der Waals surface area contributed by atoms with E-state index in [4.69, 9.17) is 15.2 Å². The molecule has 0 aromatic heterocycles. The summed E-state index contributed by atoms with van der Waals surface area (Å²) in [7, 11) is 0. The molecule has 0 aliphatic heterocycles. The van der Waals surface area contributed by atoms with Crippen molar-refractivity contribution < 1.29 is 14.3 Å². The topological polar surface area (TPSA) is 61.6 Å². The number of carbonyl (C=O) groups excluding carboxylic acids is 1. The average molecular weight is 257 g/mol. The molecule has 0 bridgehead atoms. The summed E-state index contributed by atoms with van der Waals surface area (Å²) in [5.41, 5.74) is 5.20. The predicted molar refractivity (Wildman–Crippen MR) is 71.7 cm³/mol. The Balaban J connectivity index is 2.06. The number of hydrogen-bond acceptors (Lipinski definition) is 3. The molecule has 0 aliphatic rings. The summed E-state index contributed by atoms with van der Waals surface area (Å²) in [6, 6.07) is 18.3. The highest BCUT2D eigenvalue weighted by atomic mass is 16.7. The van der Waals surface area contributed by atoms with Crippen LogP contribution in [0, 0.1) is 0 Å². The summed E-state index contributed by atoms with van der Waals surface area (Å²) < 4.78 is 11.2. The van der Waals surface area contributed by atoms with Crippen molar-refractivity contribution in [3.05, 3.63) is 60.7 Å². The molecular weight excluding hydrogens is 242 g/mol. The minimum Gasteiger partial charge on any atom is -0.454 e. The second-order valence-electron chi connectivity index (χ2n) is 3.96. The van der Waals surface area contributed by atoms with Crippen molar-refractivity contribution >= 4 is 5.91 Å². The minimum absolute atomic E-state index is 0.0101. The quantitative estimate of drug-likeness (QED) is 0.808. The maximum absolute atomic E-state index is 11.1. The summed E-state index contributed by atoms with van der Waals surface area (Å²) in [5, 5.41) is 0. The van der Waals surface area contributed by atoms with Crippen LogP contribution in [-0.2, 0) is 4.79 Å². The van der Waals surface area contributed by atoms with E-state index in [-0.39, 0.29) is 6.42 Å². The third kappa shape index (κ3) is 4.35. The maximum Gasteiger partial charge on any atom is 0.249 e. The van der Waals surface area contributed by atoms with Gasteiger partial charge in [0.25, 0.3) is 0 Å². The number of carbonyl (C=O) groups is 1. The number of benzene rings is 2. The number of hydrogen-bond donors (Lipinski definition) is 1. The van der Waals surface area contributed by atoms with Gasteiger partial charge in [0.15, 0.2) is 0 Å². The highest BCUT2D eigenvalue weighted by molar-refractivity contribution is 5.74. The summed E-state index contributed by atoms with van der Waals surface area (Å²) in [4.78, 5) is 11.1. The molecule has 0 saturated heterocycles. The normalized spacial score (nSPS) is 10.2. The molecule has 0 unspecified atom stereocenters. The standard InChI is InChI=1S/C15H15NO3/c16-14(17)11-15(18-12-7-3-1-4-8-12)19-13-9-5-2-6-10-13/h1-10,15H,11H2,(H2,16,17). The average Bonchev–Trinajstić information content (AvgIpc) is 2.40. The van der Waals surface area contributed by atoms with Crippen molar-refractivity contribution in [2.24, 2.45) is 5.73 Å². The number of nitrogens with two attached hydrogens (primary N) is 1. The van der Waals surface area contributed by atoms with Crippen molar-refractivity contribution in [1.82, 2.24) is 0 Å². The molecule has 0 fully saturated rings. The lowest BCUT2D eigenvalue weighted by Gasteiger charge is -2.19. The second kappa shape index (κ2) is 6.44. The van der Waals surface area contributed by atoms with Gasteiger partial charge in [-0.1, -0.05) is 36.4 Å². The molecule has 2 rings (SSSR count). The third-order valence-electron chi connectivity index (χ3n) is 2.39. The number of rotatable bonds is 6. The number of ether oxygens (including phenoxy) is 2. The summed E-state index contributed by atoms with van der Waals surface area (Å²) in [6.45, 7) is 0. The summed E-state index contributed by atoms with van der Waals surface area (Å²) in [6.07, 6.45) is -0.744. The SMILES string of the molecule is NC(=O)CC(Oc1ccccc1)Oc1ccccc1. The van der Waals surface area contributed by atoms with Gasteiger partial charge in [-0.3, -0.25) is 4.79 Å². The van der Waals surface area contributed by atoms with Gasteiger partial charge in [0.05, 0.1) is 0 Å². The van der Waals surface area contributed by atoms with Crippen LogP contribution in [0.3, 0.4) is 0 Å². The van der Waals surface area contributed by atoms with E-state index in [1.165, 1.54) is 0 Å².